The molecule has 0 radical (unpaired) electrons. The number of carbonyl (C=O) groups is 1. The van der Waals surface area contributed by atoms with Gasteiger partial charge in [0.1, 0.15) is 6.17 Å². The maximum atomic E-state index is 13.0. The third-order valence-electron chi connectivity index (χ3n) is 4.83. The van der Waals surface area contributed by atoms with Gasteiger partial charge in [-0.2, -0.15) is 0 Å². The molecule has 2 atom stereocenters. The number of amides is 1. The molecule has 0 unspecified atom stereocenters. The normalized spacial score (nSPS) is 20.7. The fourth-order valence-corrected chi connectivity index (χ4v) is 4.13. The molecule has 0 spiro atoms. The number of para-hydroxylation sites is 1. The molecule has 2 aromatic carbocycles. The van der Waals surface area contributed by atoms with Gasteiger partial charge in [0.05, 0.1) is 0 Å². The number of nitrogens with zero attached hydrogens (tertiary/aromatic N) is 2. The fraction of sp³-hybridized carbons (Fsp3) is 0.238. The molecule has 0 aromatic heterocycles. The number of hydrogen-bond acceptors (Lipinski definition) is 5. The molecule has 27 heavy (non-hydrogen) atoms. The van der Waals surface area contributed by atoms with Crippen LogP contribution in [0.4, 0.5) is 5.69 Å². The molecule has 2 heterocycles. The van der Waals surface area contributed by atoms with Crippen LogP contribution in [-0.4, -0.2) is 21.8 Å². The van der Waals surface area contributed by atoms with Gasteiger partial charge in [-0.3, -0.25) is 9.80 Å². The van der Waals surface area contributed by atoms with Crippen molar-refractivity contribution in [3.8, 4) is 0 Å². The Kier molecular flexibility index (Phi) is 4.66. The number of carbonyl (C=O) groups excluding carboxylic acids is 1. The van der Waals surface area contributed by atoms with Crippen LogP contribution in [0.15, 0.2) is 60.2 Å². The van der Waals surface area contributed by atoms with E-state index in [0.717, 1.165) is 22.4 Å². The summed E-state index contributed by atoms with van der Waals surface area (Å²) in [4.78, 5) is 13.0. The van der Waals surface area contributed by atoms with Gasteiger partial charge in [0.25, 0.3) is 5.91 Å². The molecule has 2 aromatic rings. The molecule has 2 aliphatic rings. The van der Waals surface area contributed by atoms with Crippen LogP contribution in [0.1, 0.15) is 34.5 Å². The lowest BCUT2D eigenvalue weighted by atomic mass is 9.95. The topological polar surface area (TPSA) is 56.7 Å². The summed E-state index contributed by atoms with van der Waals surface area (Å²) < 4.78 is 0. The van der Waals surface area contributed by atoms with Crippen LogP contribution in [0.25, 0.3) is 0 Å². The number of amidine groups is 1. The van der Waals surface area contributed by atoms with E-state index in [0.29, 0.717) is 10.9 Å². The number of benzene rings is 2. The molecule has 0 aliphatic carbocycles. The molecular formula is C21H22N4OS. The van der Waals surface area contributed by atoms with Gasteiger partial charge in [0, 0.05) is 17.0 Å². The van der Waals surface area contributed by atoms with E-state index in [1.54, 1.807) is 6.08 Å². The highest BCUT2D eigenvalue weighted by atomic mass is 32.2. The number of nitrogens with one attached hydrogen (secondary N) is 2. The lowest BCUT2D eigenvalue weighted by molar-refractivity contribution is -0.127. The number of thioether (sulfide) groups is 1. The molecule has 2 aliphatic heterocycles. The van der Waals surface area contributed by atoms with E-state index < -0.39 is 6.04 Å². The molecule has 5 nitrogen and oxygen atoms in total. The first-order valence-electron chi connectivity index (χ1n) is 8.92. The summed E-state index contributed by atoms with van der Waals surface area (Å²) in [5.41, 5.74) is 5.38. The molecule has 4 rings (SSSR count). The Hall–Kier alpha value is -2.73. The Labute approximate surface area is 163 Å². The molecule has 2 N–H and O–H groups in total. The van der Waals surface area contributed by atoms with Gasteiger partial charge in [-0.05, 0) is 31.0 Å². The van der Waals surface area contributed by atoms with Crippen molar-refractivity contribution in [2.45, 2.75) is 26.1 Å². The minimum absolute atomic E-state index is 0.0548. The second kappa shape index (κ2) is 7.12. The summed E-state index contributed by atoms with van der Waals surface area (Å²) in [6.07, 6.45) is 1.59. The lowest BCUT2D eigenvalue weighted by Gasteiger charge is -2.44. The van der Waals surface area contributed by atoms with Gasteiger partial charge >= 0.3 is 0 Å². The van der Waals surface area contributed by atoms with E-state index in [1.807, 2.05) is 29.3 Å². The number of rotatable bonds is 3. The van der Waals surface area contributed by atoms with E-state index in [-0.39, 0.29) is 12.1 Å². The Morgan fingerprint density at radius 1 is 1.22 bits per heavy atom. The summed E-state index contributed by atoms with van der Waals surface area (Å²) in [7, 11) is 0. The van der Waals surface area contributed by atoms with Gasteiger partial charge in [0.15, 0.2) is 11.2 Å². The Morgan fingerprint density at radius 3 is 2.85 bits per heavy atom. The van der Waals surface area contributed by atoms with Crippen molar-refractivity contribution in [3.05, 3.63) is 77.4 Å². The predicted molar refractivity (Wildman–Crippen MR) is 112 cm³/mol. The van der Waals surface area contributed by atoms with Crippen molar-refractivity contribution >= 4 is 28.5 Å². The van der Waals surface area contributed by atoms with Gasteiger partial charge < -0.3 is 10.6 Å². The first-order chi connectivity index (χ1) is 13.1. The van der Waals surface area contributed by atoms with Crippen LogP contribution in [0, 0.1) is 13.8 Å². The first kappa shape index (κ1) is 17.7. The Morgan fingerprint density at radius 2 is 2.04 bits per heavy atom. The van der Waals surface area contributed by atoms with Crippen molar-refractivity contribution in [1.29, 1.82) is 0 Å². The Bertz CT molecular complexity index is 940. The average molecular weight is 379 g/mol. The van der Waals surface area contributed by atoms with Crippen LogP contribution >= 0.6 is 11.8 Å². The van der Waals surface area contributed by atoms with Crippen molar-refractivity contribution in [2.24, 2.45) is 5.10 Å². The summed E-state index contributed by atoms with van der Waals surface area (Å²) >= 11 is 1.47. The molecule has 0 bridgehead atoms. The average Bonchev–Trinajstić information content (AvgIpc) is 2.67. The van der Waals surface area contributed by atoms with Gasteiger partial charge in [-0.15, -0.1) is 11.7 Å². The van der Waals surface area contributed by atoms with Crippen LogP contribution in [0.5, 0.6) is 0 Å². The lowest BCUT2D eigenvalue weighted by Crippen LogP contribution is -2.51. The van der Waals surface area contributed by atoms with E-state index in [1.165, 1.54) is 17.3 Å². The highest BCUT2D eigenvalue weighted by Gasteiger charge is 2.42. The molecule has 0 saturated carbocycles. The summed E-state index contributed by atoms with van der Waals surface area (Å²) in [5.74, 6) is 0.635. The molecule has 138 valence electrons. The summed E-state index contributed by atoms with van der Waals surface area (Å²) in [5, 5.41) is 13.8. The molecule has 0 saturated heterocycles. The van der Waals surface area contributed by atoms with Gasteiger partial charge in [-0.1, -0.05) is 59.8 Å². The third kappa shape index (κ3) is 3.21. The van der Waals surface area contributed by atoms with E-state index in [2.05, 4.69) is 49.3 Å². The van der Waals surface area contributed by atoms with Gasteiger partial charge in [-0.25, -0.2) is 0 Å². The van der Waals surface area contributed by atoms with Crippen LogP contribution in [-0.2, 0) is 4.79 Å². The predicted octanol–water partition coefficient (Wildman–Crippen LogP) is 4.09. The van der Waals surface area contributed by atoms with E-state index in [4.69, 9.17) is 5.10 Å². The molecule has 6 heteroatoms. The Balaban J connectivity index is 1.84. The fourth-order valence-electron chi connectivity index (χ4n) is 3.53. The SMILES string of the molecule is C=CCSC1=NN2[C@H](C(=O)N1)c1ccccc1N[C@H]2c1cc(C)ccc1C. The molecule has 1 amide bonds. The number of aryl methyl sites for hydroxylation is 2. The van der Waals surface area contributed by atoms with E-state index >= 15 is 0 Å². The monoisotopic (exact) mass is 378 g/mol. The van der Waals surface area contributed by atoms with Crippen molar-refractivity contribution in [2.75, 3.05) is 11.1 Å². The molecular weight excluding hydrogens is 356 g/mol. The first-order valence-corrected chi connectivity index (χ1v) is 9.91. The smallest absolute Gasteiger partial charge is 0.255 e. The standard InChI is InChI=1S/C21H22N4OS/c1-4-11-27-21-23-20(26)18-15-7-5-6-8-17(15)22-19(25(18)24-21)16-12-13(2)9-10-14(16)3/h4-10,12,18-19,22H,1,11H2,2-3H3,(H,23,24,26)/t18-,19+/m0/s1. The van der Waals surface area contributed by atoms with E-state index in [9.17, 15) is 4.79 Å². The van der Waals surface area contributed by atoms with Gasteiger partial charge in [0.2, 0.25) is 0 Å². The van der Waals surface area contributed by atoms with Crippen molar-refractivity contribution in [3.63, 3.8) is 0 Å². The zero-order valence-electron chi connectivity index (χ0n) is 15.4. The largest absolute Gasteiger partial charge is 0.360 e. The third-order valence-corrected chi connectivity index (χ3v) is 5.69. The maximum Gasteiger partial charge on any atom is 0.255 e. The van der Waals surface area contributed by atoms with Crippen LogP contribution in [0.2, 0.25) is 0 Å². The number of anilines is 1. The van der Waals surface area contributed by atoms with Crippen LogP contribution in [0.3, 0.4) is 0 Å². The number of hydrogen-bond donors (Lipinski definition) is 2. The minimum Gasteiger partial charge on any atom is -0.360 e. The highest BCUT2D eigenvalue weighted by Crippen LogP contribution is 2.43. The summed E-state index contributed by atoms with van der Waals surface area (Å²) in [6.45, 7) is 7.91. The van der Waals surface area contributed by atoms with Crippen LogP contribution < -0.4 is 10.6 Å². The zero-order valence-corrected chi connectivity index (χ0v) is 16.2. The second-order valence-electron chi connectivity index (χ2n) is 6.77. The number of fused-ring (bicyclic) bond motifs is 3. The summed E-state index contributed by atoms with van der Waals surface area (Å²) in [6, 6.07) is 13.9. The molecule has 0 fully saturated rings. The second-order valence-corrected chi connectivity index (χ2v) is 7.78. The zero-order chi connectivity index (χ0) is 19.0. The number of hydrazone groups is 1. The highest BCUT2D eigenvalue weighted by molar-refractivity contribution is 8.14. The van der Waals surface area contributed by atoms with Crippen molar-refractivity contribution in [1.82, 2.24) is 10.3 Å². The minimum atomic E-state index is -0.458. The quantitative estimate of drug-likeness (QED) is 0.790. The maximum absolute atomic E-state index is 13.0. The van der Waals surface area contributed by atoms with Crippen molar-refractivity contribution < 1.29 is 4.79 Å².